The van der Waals surface area contributed by atoms with E-state index < -0.39 is 0 Å². The Hall–Kier alpha value is -1.71. The lowest BCUT2D eigenvalue weighted by atomic mass is 10.1. The van der Waals surface area contributed by atoms with Crippen LogP contribution in [0.4, 0.5) is 0 Å². The average Bonchev–Trinajstić information content (AvgIpc) is 2.71. The van der Waals surface area contributed by atoms with Gasteiger partial charge in [0.05, 0.1) is 0 Å². The molecule has 0 radical (unpaired) electrons. The average molecular weight is 174 g/mol. The topological polar surface area (TPSA) is 54.5 Å². The van der Waals surface area contributed by atoms with Crippen LogP contribution in [0, 0.1) is 0 Å². The van der Waals surface area contributed by atoms with E-state index in [0.717, 1.165) is 12.0 Å². The minimum atomic E-state index is 0.648. The van der Waals surface area contributed by atoms with Crippen molar-refractivity contribution in [2.75, 3.05) is 0 Å². The van der Waals surface area contributed by atoms with E-state index in [1.54, 1.807) is 0 Å². The summed E-state index contributed by atoms with van der Waals surface area (Å²) in [7, 11) is 0. The minimum Gasteiger partial charge on any atom is -0.177 e. The number of benzene rings is 1. The van der Waals surface area contributed by atoms with Crippen LogP contribution in [0.2, 0.25) is 0 Å². The van der Waals surface area contributed by atoms with Crippen LogP contribution in [0.25, 0.3) is 11.4 Å². The summed E-state index contributed by atoms with van der Waals surface area (Å²) in [5.74, 6) is 0.648. The zero-order chi connectivity index (χ0) is 9.10. The fraction of sp³-hybridized carbons (Fsp3) is 0.222. The molecular formula is C9H10N4. The molecule has 0 aliphatic rings. The molecule has 0 aliphatic heterocycles. The van der Waals surface area contributed by atoms with Crippen LogP contribution >= 0.6 is 0 Å². The van der Waals surface area contributed by atoms with Crippen molar-refractivity contribution in [2.45, 2.75) is 13.3 Å². The van der Waals surface area contributed by atoms with E-state index in [9.17, 15) is 0 Å². The first-order chi connectivity index (χ1) is 6.40. The van der Waals surface area contributed by atoms with E-state index in [1.807, 2.05) is 12.1 Å². The molecule has 0 fully saturated rings. The number of aromatic nitrogens is 4. The third-order valence-electron chi connectivity index (χ3n) is 1.94. The third-order valence-corrected chi connectivity index (χ3v) is 1.94. The quantitative estimate of drug-likeness (QED) is 0.749. The molecule has 0 saturated heterocycles. The molecule has 1 heterocycles. The van der Waals surface area contributed by atoms with Crippen molar-refractivity contribution in [3.63, 3.8) is 0 Å². The maximum absolute atomic E-state index is 3.91. The predicted molar refractivity (Wildman–Crippen MR) is 49.0 cm³/mol. The van der Waals surface area contributed by atoms with Crippen LogP contribution in [-0.2, 0) is 6.42 Å². The van der Waals surface area contributed by atoms with Crippen LogP contribution in [-0.4, -0.2) is 20.6 Å². The van der Waals surface area contributed by atoms with Gasteiger partial charge in [-0.3, -0.25) is 0 Å². The highest BCUT2D eigenvalue weighted by Crippen LogP contribution is 2.14. The Morgan fingerprint density at radius 3 is 3.00 bits per heavy atom. The zero-order valence-electron chi connectivity index (χ0n) is 7.36. The summed E-state index contributed by atoms with van der Waals surface area (Å²) in [5, 5.41) is 13.8. The van der Waals surface area contributed by atoms with Crippen molar-refractivity contribution in [1.82, 2.24) is 20.6 Å². The number of hydrogen-bond donors (Lipinski definition) is 1. The van der Waals surface area contributed by atoms with Gasteiger partial charge in [0.25, 0.3) is 0 Å². The van der Waals surface area contributed by atoms with E-state index >= 15 is 0 Å². The Labute approximate surface area is 76.0 Å². The van der Waals surface area contributed by atoms with Gasteiger partial charge in [-0.25, -0.2) is 0 Å². The first-order valence-corrected chi connectivity index (χ1v) is 4.23. The number of tetrazole rings is 1. The molecule has 13 heavy (non-hydrogen) atoms. The molecule has 4 nitrogen and oxygen atoms in total. The lowest BCUT2D eigenvalue weighted by Crippen LogP contribution is -1.84. The molecule has 0 amide bonds. The maximum atomic E-state index is 3.91. The van der Waals surface area contributed by atoms with Crippen molar-refractivity contribution < 1.29 is 0 Å². The molecule has 0 aliphatic carbocycles. The normalized spacial score (nSPS) is 10.2. The molecule has 0 spiro atoms. The first-order valence-electron chi connectivity index (χ1n) is 4.23. The SMILES string of the molecule is CCc1cccc(-c2nn[nH]n2)c1. The fourth-order valence-corrected chi connectivity index (χ4v) is 1.21. The second-order valence-electron chi connectivity index (χ2n) is 2.79. The molecule has 1 aromatic heterocycles. The van der Waals surface area contributed by atoms with Gasteiger partial charge in [-0.2, -0.15) is 5.21 Å². The molecule has 0 atom stereocenters. The number of rotatable bonds is 2. The molecule has 1 N–H and O–H groups in total. The summed E-state index contributed by atoms with van der Waals surface area (Å²) in [4.78, 5) is 0. The van der Waals surface area contributed by atoms with Gasteiger partial charge in [0, 0.05) is 5.56 Å². The van der Waals surface area contributed by atoms with Gasteiger partial charge in [0.2, 0.25) is 5.82 Å². The fourth-order valence-electron chi connectivity index (χ4n) is 1.21. The molecule has 0 saturated carbocycles. The lowest BCUT2D eigenvalue weighted by Gasteiger charge is -1.97. The highest BCUT2D eigenvalue weighted by Gasteiger charge is 2.01. The smallest absolute Gasteiger partial charge is 0.177 e. The van der Waals surface area contributed by atoms with Gasteiger partial charge in [-0.1, -0.05) is 25.1 Å². The van der Waals surface area contributed by atoms with Crippen LogP contribution in [0.1, 0.15) is 12.5 Å². The van der Waals surface area contributed by atoms with Gasteiger partial charge in [-0.15, -0.1) is 10.2 Å². The van der Waals surface area contributed by atoms with E-state index in [-0.39, 0.29) is 0 Å². The highest BCUT2D eigenvalue weighted by atomic mass is 15.5. The zero-order valence-corrected chi connectivity index (χ0v) is 7.36. The summed E-state index contributed by atoms with van der Waals surface area (Å²) in [6.45, 7) is 2.12. The van der Waals surface area contributed by atoms with E-state index in [4.69, 9.17) is 0 Å². The second-order valence-corrected chi connectivity index (χ2v) is 2.79. The van der Waals surface area contributed by atoms with Gasteiger partial charge in [0.15, 0.2) is 0 Å². The van der Waals surface area contributed by atoms with Gasteiger partial charge in [-0.05, 0) is 23.3 Å². The Morgan fingerprint density at radius 2 is 2.31 bits per heavy atom. The minimum absolute atomic E-state index is 0.648. The second kappa shape index (κ2) is 3.35. The van der Waals surface area contributed by atoms with Crippen LogP contribution in [0.15, 0.2) is 24.3 Å². The molecule has 0 bridgehead atoms. The maximum Gasteiger partial charge on any atom is 0.204 e. The highest BCUT2D eigenvalue weighted by molar-refractivity contribution is 5.54. The predicted octanol–water partition coefficient (Wildman–Crippen LogP) is 1.43. The Kier molecular flexibility index (Phi) is 2.04. The van der Waals surface area contributed by atoms with Crippen LogP contribution in [0.5, 0.6) is 0 Å². The van der Waals surface area contributed by atoms with Gasteiger partial charge >= 0.3 is 0 Å². The summed E-state index contributed by atoms with van der Waals surface area (Å²) in [5.41, 5.74) is 2.29. The number of aryl methyl sites for hydroxylation is 1. The Bertz CT molecular complexity index is 380. The number of H-pyrrole nitrogens is 1. The molecule has 1 aromatic carbocycles. The number of aromatic amines is 1. The summed E-state index contributed by atoms with van der Waals surface area (Å²) in [6, 6.07) is 8.14. The van der Waals surface area contributed by atoms with Crippen LogP contribution < -0.4 is 0 Å². The van der Waals surface area contributed by atoms with Crippen molar-refractivity contribution in [1.29, 1.82) is 0 Å². The molecule has 4 heteroatoms. The molecule has 66 valence electrons. The van der Waals surface area contributed by atoms with Gasteiger partial charge < -0.3 is 0 Å². The molecular weight excluding hydrogens is 164 g/mol. The molecule has 2 aromatic rings. The van der Waals surface area contributed by atoms with Crippen molar-refractivity contribution in [3.8, 4) is 11.4 Å². The van der Waals surface area contributed by atoms with Crippen molar-refractivity contribution in [2.24, 2.45) is 0 Å². The Morgan fingerprint density at radius 1 is 1.38 bits per heavy atom. The van der Waals surface area contributed by atoms with E-state index in [2.05, 4.69) is 39.7 Å². The number of nitrogens with zero attached hydrogens (tertiary/aromatic N) is 3. The Balaban J connectivity index is 2.41. The standard InChI is InChI=1S/C9H10N4/c1-2-7-4-3-5-8(6-7)9-10-12-13-11-9/h3-6H,2H2,1H3,(H,10,11,12,13). The summed E-state index contributed by atoms with van der Waals surface area (Å²) >= 11 is 0. The summed E-state index contributed by atoms with van der Waals surface area (Å²) < 4.78 is 0. The largest absolute Gasteiger partial charge is 0.204 e. The first kappa shape index (κ1) is 7.91. The van der Waals surface area contributed by atoms with Gasteiger partial charge in [0.1, 0.15) is 0 Å². The lowest BCUT2D eigenvalue weighted by molar-refractivity contribution is 0.881. The monoisotopic (exact) mass is 174 g/mol. The van der Waals surface area contributed by atoms with Crippen LogP contribution in [0.3, 0.4) is 0 Å². The van der Waals surface area contributed by atoms with Crippen molar-refractivity contribution in [3.05, 3.63) is 29.8 Å². The van der Waals surface area contributed by atoms with E-state index in [1.165, 1.54) is 5.56 Å². The molecule has 0 unspecified atom stereocenters. The summed E-state index contributed by atoms with van der Waals surface area (Å²) in [6.07, 6.45) is 1.02. The number of hydrogen-bond acceptors (Lipinski definition) is 3. The molecule has 2 rings (SSSR count). The number of nitrogens with one attached hydrogen (secondary N) is 1. The van der Waals surface area contributed by atoms with Crippen molar-refractivity contribution >= 4 is 0 Å². The van der Waals surface area contributed by atoms with E-state index in [0.29, 0.717) is 5.82 Å². The third kappa shape index (κ3) is 1.56.